The van der Waals surface area contributed by atoms with Gasteiger partial charge in [-0.05, 0) is 70.3 Å². The molecule has 1 heterocycles. The van der Waals surface area contributed by atoms with E-state index in [-0.39, 0.29) is 29.8 Å². The van der Waals surface area contributed by atoms with Crippen LogP contribution in [0.25, 0.3) is 11.3 Å². The predicted octanol–water partition coefficient (Wildman–Crippen LogP) is 5.61. The number of hydrogen-bond donors (Lipinski definition) is 1. The van der Waals surface area contributed by atoms with E-state index < -0.39 is 0 Å². The molecule has 0 bridgehead atoms. The van der Waals surface area contributed by atoms with Crippen LogP contribution in [-0.4, -0.2) is 28.9 Å². The quantitative estimate of drug-likeness (QED) is 0.634. The van der Waals surface area contributed by atoms with Crippen molar-refractivity contribution in [2.45, 2.75) is 77.4 Å². The third-order valence-electron chi connectivity index (χ3n) is 7.00. The molecule has 31 heavy (non-hydrogen) atoms. The van der Waals surface area contributed by atoms with E-state index >= 15 is 0 Å². The number of ketones is 1. The monoisotopic (exact) mass is 423 g/mol. The Bertz CT molecular complexity index is 903. The number of Topliss-reactive ketones (excluding diaryl/α,β-unsaturated/α-hetero) is 1. The second kappa shape index (κ2) is 9.39. The van der Waals surface area contributed by atoms with Gasteiger partial charge in [-0.2, -0.15) is 0 Å². The first kappa shape index (κ1) is 21.8. The number of furan rings is 1. The Morgan fingerprint density at radius 2 is 1.61 bits per heavy atom. The van der Waals surface area contributed by atoms with Gasteiger partial charge in [0.15, 0.2) is 5.78 Å². The number of hydrogen-bond acceptors (Lipinski definition) is 4. The zero-order valence-corrected chi connectivity index (χ0v) is 18.5. The number of anilines is 1. The lowest BCUT2D eigenvalue weighted by Crippen LogP contribution is -2.47. The SMILES string of the molecule is CC(=O)c1cc(-c2ccccc2)oc1N(C(=O)C1CCC(C)CC1)C1CCC(O)CC1. The van der Waals surface area contributed by atoms with Gasteiger partial charge in [-0.3, -0.25) is 14.5 Å². The molecule has 1 N–H and O–H groups in total. The van der Waals surface area contributed by atoms with Gasteiger partial charge in [-0.25, -0.2) is 0 Å². The molecule has 0 atom stereocenters. The lowest BCUT2D eigenvalue weighted by atomic mass is 9.81. The maximum absolute atomic E-state index is 13.8. The van der Waals surface area contributed by atoms with Crippen LogP contribution >= 0.6 is 0 Å². The lowest BCUT2D eigenvalue weighted by Gasteiger charge is -2.37. The summed E-state index contributed by atoms with van der Waals surface area (Å²) in [7, 11) is 0. The zero-order chi connectivity index (χ0) is 22.0. The summed E-state index contributed by atoms with van der Waals surface area (Å²) < 4.78 is 6.26. The number of carbonyl (C=O) groups is 2. The second-order valence-electron chi connectivity index (χ2n) is 9.38. The molecule has 1 amide bonds. The normalized spacial score (nSPS) is 26.4. The van der Waals surface area contributed by atoms with Crippen LogP contribution in [0.4, 0.5) is 5.88 Å². The van der Waals surface area contributed by atoms with E-state index in [1.165, 1.54) is 6.92 Å². The average molecular weight is 424 g/mol. The van der Waals surface area contributed by atoms with Gasteiger partial charge < -0.3 is 9.52 Å². The van der Waals surface area contributed by atoms with Gasteiger partial charge in [0, 0.05) is 17.5 Å². The first-order valence-corrected chi connectivity index (χ1v) is 11.7. The molecule has 2 saturated carbocycles. The van der Waals surface area contributed by atoms with E-state index in [4.69, 9.17) is 4.42 Å². The number of amides is 1. The highest BCUT2D eigenvalue weighted by atomic mass is 16.4. The topological polar surface area (TPSA) is 70.8 Å². The van der Waals surface area contributed by atoms with Crippen LogP contribution in [-0.2, 0) is 4.79 Å². The van der Waals surface area contributed by atoms with E-state index in [2.05, 4.69) is 6.92 Å². The Hall–Kier alpha value is -2.40. The minimum absolute atomic E-state index is 0.0341. The highest BCUT2D eigenvalue weighted by Gasteiger charge is 2.38. The van der Waals surface area contributed by atoms with Crippen molar-refractivity contribution in [2.24, 2.45) is 11.8 Å². The highest BCUT2D eigenvalue weighted by molar-refractivity contribution is 6.05. The Balaban J connectivity index is 1.73. The van der Waals surface area contributed by atoms with Crippen molar-refractivity contribution in [1.82, 2.24) is 0 Å². The first-order valence-electron chi connectivity index (χ1n) is 11.7. The molecule has 2 fully saturated rings. The van der Waals surface area contributed by atoms with Crippen LogP contribution in [0.2, 0.25) is 0 Å². The minimum atomic E-state index is -0.313. The second-order valence-corrected chi connectivity index (χ2v) is 9.38. The minimum Gasteiger partial charge on any atom is -0.439 e. The van der Waals surface area contributed by atoms with Crippen LogP contribution in [0.15, 0.2) is 40.8 Å². The highest BCUT2D eigenvalue weighted by Crippen LogP contribution is 2.39. The summed E-state index contributed by atoms with van der Waals surface area (Å²) in [6.07, 6.45) is 6.33. The summed E-state index contributed by atoms with van der Waals surface area (Å²) in [6, 6.07) is 11.4. The number of aliphatic hydroxyl groups excluding tert-OH is 1. The van der Waals surface area contributed by atoms with Crippen molar-refractivity contribution in [3.05, 3.63) is 42.0 Å². The molecule has 1 aromatic heterocycles. The molecule has 1 aromatic carbocycles. The van der Waals surface area contributed by atoms with Gasteiger partial charge in [-0.15, -0.1) is 0 Å². The molecule has 0 unspecified atom stereocenters. The third kappa shape index (κ3) is 4.77. The van der Waals surface area contributed by atoms with Crippen molar-refractivity contribution in [2.75, 3.05) is 4.90 Å². The molecule has 4 rings (SSSR count). The zero-order valence-electron chi connectivity index (χ0n) is 18.5. The van der Waals surface area contributed by atoms with Crippen LogP contribution in [0.5, 0.6) is 0 Å². The Morgan fingerprint density at radius 3 is 2.23 bits per heavy atom. The van der Waals surface area contributed by atoms with Crippen molar-refractivity contribution in [3.8, 4) is 11.3 Å². The molecular weight excluding hydrogens is 390 g/mol. The summed E-state index contributed by atoms with van der Waals surface area (Å²) in [5.41, 5.74) is 1.34. The number of nitrogens with zero attached hydrogens (tertiary/aromatic N) is 1. The fraction of sp³-hybridized carbons (Fsp3) is 0.538. The van der Waals surface area contributed by atoms with Gasteiger partial charge in [0.2, 0.25) is 11.8 Å². The van der Waals surface area contributed by atoms with Gasteiger partial charge in [0.25, 0.3) is 0 Å². The summed E-state index contributed by atoms with van der Waals surface area (Å²) in [5.74, 6) is 1.58. The maximum atomic E-state index is 13.8. The van der Waals surface area contributed by atoms with E-state index in [9.17, 15) is 14.7 Å². The number of benzene rings is 1. The van der Waals surface area contributed by atoms with E-state index in [0.717, 1.165) is 44.1 Å². The molecule has 0 radical (unpaired) electrons. The standard InChI is InChI=1S/C26H33NO4/c1-17-8-10-20(11-9-17)25(30)27(21-12-14-22(29)15-13-21)26-23(18(2)28)16-24(31-26)19-6-4-3-5-7-19/h3-7,16-17,20-22,29H,8-15H2,1-2H3. The fourth-order valence-electron chi connectivity index (χ4n) is 5.02. The van der Waals surface area contributed by atoms with E-state index in [0.29, 0.717) is 36.0 Å². The largest absolute Gasteiger partial charge is 0.439 e. The van der Waals surface area contributed by atoms with Crippen LogP contribution in [0, 0.1) is 11.8 Å². The predicted molar refractivity (Wildman–Crippen MR) is 121 cm³/mol. The fourth-order valence-corrected chi connectivity index (χ4v) is 5.02. The van der Waals surface area contributed by atoms with Crippen LogP contribution in [0.1, 0.15) is 75.6 Å². The van der Waals surface area contributed by atoms with Gasteiger partial charge in [0.1, 0.15) is 5.76 Å². The molecule has 166 valence electrons. The lowest BCUT2D eigenvalue weighted by molar-refractivity contribution is -0.124. The van der Waals surface area contributed by atoms with Gasteiger partial charge in [-0.1, -0.05) is 37.3 Å². The molecule has 2 aliphatic carbocycles. The molecule has 0 saturated heterocycles. The van der Waals surface area contributed by atoms with Crippen molar-refractivity contribution in [1.29, 1.82) is 0 Å². The Labute approximate surface area is 184 Å². The Morgan fingerprint density at radius 1 is 0.968 bits per heavy atom. The number of carbonyl (C=O) groups excluding carboxylic acids is 2. The average Bonchev–Trinajstić information content (AvgIpc) is 3.22. The molecule has 2 aliphatic rings. The summed E-state index contributed by atoms with van der Waals surface area (Å²) in [4.78, 5) is 28.1. The number of rotatable bonds is 5. The first-order chi connectivity index (χ1) is 14.9. The third-order valence-corrected chi connectivity index (χ3v) is 7.00. The molecular formula is C26H33NO4. The maximum Gasteiger partial charge on any atom is 0.232 e. The summed E-state index contributed by atoms with van der Waals surface area (Å²) in [6.45, 7) is 3.77. The van der Waals surface area contributed by atoms with Crippen molar-refractivity contribution in [3.63, 3.8) is 0 Å². The molecule has 2 aromatic rings. The Kier molecular flexibility index (Phi) is 6.61. The van der Waals surface area contributed by atoms with Crippen LogP contribution in [0.3, 0.4) is 0 Å². The van der Waals surface area contributed by atoms with E-state index in [1.54, 1.807) is 11.0 Å². The summed E-state index contributed by atoms with van der Waals surface area (Å²) >= 11 is 0. The molecule has 0 aliphatic heterocycles. The van der Waals surface area contributed by atoms with Crippen molar-refractivity contribution < 1.29 is 19.1 Å². The van der Waals surface area contributed by atoms with E-state index in [1.807, 2.05) is 30.3 Å². The van der Waals surface area contributed by atoms with Crippen LogP contribution < -0.4 is 4.90 Å². The molecule has 5 heteroatoms. The smallest absolute Gasteiger partial charge is 0.232 e. The molecule has 5 nitrogen and oxygen atoms in total. The van der Waals surface area contributed by atoms with Gasteiger partial charge in [0.05, 0.1) is 11.7 Å². The number of aliphatic hydroxyl groups is 1. The summed E-state index contributed by atoms with van der Waals surface area (Å²) in [5, 5.41) is 10.0. The van der Waals surface area contributed by atoms with Gasteiger partial charge >= 0.3 is 0 Å². The van der Waals surface area contributed by atoms with Crippen molar-refractivity contribution >= 4 is 17.6 Å². The molecule has 0 spiro atoms.